The summed E-state index contributed by atoms with van der Waals surface area (Å²) in [4.78, 5) is 27.7. The molecule has 0 bridgehead atoms. The number of hydrogen-bond donors (Lipinski definition) is 0. The Bertz CT molecular complexity index is 1190. The van der Waals surface area contributed by atoms with Crippen LogP contribution in [0, 0.1) is 5.92 Å². The first-order chi connectivity index (χ1) is 16.8. The Kier molecular flexibility index (Phi) is 9.12. The van der Waals surface area contributed by atoms with E-state index in [1.54, 1.807) is 36.9 Å². The number of ether oxygens (including phenoxy) is 1. The van der Waals surface area contributed by atoms with E-state index in [-0.39, 0.29) is 37.0 Å². The van der Waals surface area contributed by atoms with E-state index >= 15 is 0 Å². The van der Waals surface area contributed by atoms with Crippen molar-refractivity contribution in [2.75, 3.05) is 5.75 Å². The van der Waals surface area contributed by atoms with E-state index in [0.29, 0.717) is 16.5 Å². The molecule has 0 saturated carbocycles. The van der Waals surface area contributed by atoms with Crippen LogP contribution in [-0.2, 0) is 37.1 Å². The number of carbonyl (C=O) groups excluding carboxylic acids is 2. The van der Waals surface area contributed by atoms with Crippen molar-refractivity contribution in [2.24, 2.45) is 5.92 Å². The number of sulfone groups is 1. The molecular formula is C27H33Cl2NO5S. The van der Waals surface area contributed by atoms with Crippen LogP contribution in [0.2, 0.25) is 10.0 Å². The molecule has 0 aliphatic carbocycles. The van der Waals surface area contributed by atoms with Gasteiger partial charge < -0.3 is 9.64 Å². The number of carbonyl (C=O) groups is 2. The molecule has 36 heavy (non-hydrogen) atoms. The van der Waals surface area contributed by atoms with Crippen molar-refractivity contribution in [3.05, 3.63) is 69.7 Å². The maximum atomic E-state index is 14.2. The Morgan fingerprint density at radius 2 is 1.67 bits per heavy atom. The van der Waals surface area contributed by atoms with Gasteiger partial charge in [-0.05, 0) is 61.6 Å². The van der Waals surface area contributed by atoms with Gasteiger partial charge in [-0.3, -0.25) is 9.59 Å². The third kappa shape index (κ3) is 6.81. The summed E-state index contributed by atoms with van der Waals surface area (Å²) in [5, 5.41) is 0.566. The molecule has 3 rings (SSSR count). The number of halogens is 2. The van der Waals surface area contributed by atoms with Crippen molar-refractivity contribution in [3.63, 3.8) is 0 Å². The van der Waals surface area contributed by atoms with Crippen molar-refractivity contribution in [1.82, 2.24) is 4.90 Å². The molecule has 196 valence electrons. The predicted molar refractivity (Wildman–Crippen MR) is 143 cm³/mol. The average Bonchev–Trinajstić information content (AvgIpc) is 2.78. The van der Waals surface area contributed by atoms with Gasteiger partial charge in [-0.2, -0.15) is 0 Å². The summed E-state index contributed by atoms with van der Waals surface area (Å²) in [5.74, 6) is -1.16. The number of esters is 1. The second kappa shape index (κ2) is 11.5. The largest absolute Gasteiger partial charge is 0.448 e. The average molecular weight is 555 g/mol. The summed E-state index contributed by atoms with van der Waals surface area (Å²) in [7, 11) is -3.46. The summed E-state index contributed by atoms with van der Waals surface area (Å²) < 4.78 is 31.4. The maximum absolute atomic E-state index is 14.2. The molecule has 6 nitrogen and oxygen atoms in total. The highest BCUT2D eigenvalue weighted by Crippen LogP contribution is 2.37. The van der Waals surface area contributed by atoms with Crippen LogP contribution in [0.25, 0.3) is 0 Å². The maximum Gasteiger partial charge on any atom is 0.311 e. The van der Waals surface area contributed by atoms with Crippen LogP contribution in [0.5, 0.6) is 0 Å². The van der Waals surface area contributed by atoms with Gasteiger partial charge >= 0.3 is 5.97 Å². The van der Waals surface area contributed by atoms with Gasteiger partial charge in [-0.25, -0.2) is 8.42 Å². The number of rotatable bonds is 11. The molecule has 2 atom stereocenters. The number of nitrogens with zero attached hydrogens (tertiary/aromatic N) is 1. The molecule has 1 aliphatic heterocycles. The molecule has 2 aromatic carbocycles. The molecule has 2 aromatic rings. The second-order valence-electron chi connectivity index (χ2n) is 10.0. The van der Waals surface area contributed by atoms with Crippen LogP contribution < -0.4 is 0 Å². The number of benzene rings is 2. The Morgan fingerprint density at radius 1 is 1.03 bits per heavy atom. The predicted octanol–water partition coefficient (Wildman–Crippen LogP) is 5.49. The van der Waals surface area contributed by atoms with Gasteiger partial charge in [0.15, 0.2) is 9.84 Å². The number of aryl methyl sites for hydroxylation is 1. The lowest BCUT2D eigenvalue weighted by molar-refractivity contribution is -0.203. The highest BCUT2D eigenvalue weighted by atomic mass is 35.5. The molecule has 1 saturated heterocycles. The number of amides is 1. The van der Waals surface area contributed by atoms with E-state index in [2.05, 4.69) is 0 Å². The molecule has 0 spiro atoms. The van der Waals surface area contributed by atoms with Crippen molar-refractivity contribution in [2.45, 2.75) is 70.4 Å². The summed E-state index contributed by atoms with van der Waals surface area (Å²) >= 11 is 12.2. The standard InChI is InChI=1S/C27H33Cl2NO5S/c1-18(2)24(17-36(33,34)19(3)4)30(16-21-8-10-22(28)11-9-21)26(32)27(15-25(31)35-27)13-12-20-6-5-7-23(29)14-20/h5-11,14,18-19,24H,12-13,15-17H2,1-4H3. The van der Waals surface area contributed by atoms with E-state index in [9.17, 15) is 18.0 Å². The minimum absolute atomic E-state index is 0.0503. The summed E-state index contributed by atoms with van der Waals surface area (Å²) in [6.07, 6.45) is 0.701. The lowest BCUT2D eigenvalue weighted by Crippen LogP contribution is -2.62. The van der Waals surface area contributed by atoms with Gasteiger partial charge in [0.05, 0.1) is 17.4 Å². The minimum atomic E-state index is -3.46. The smallest absolute Gasteiger partial charge is 0.311 e. The number of cyclic esters (lactones) is 1. The third-order valence-corrected chi connectivity index (χ3v) is 9.38. The molecule has 1 aliphatic rings. The Balaban J connectivity index is 1.97. The van der Waals surface area contributed by atoms with E-state index in [0.717, 1.165) is 11.1 Å². The molecule has 1 heterocycles. The van der Waals surface area contributed by atoms with Crippen LogP contribution >= 0.6 is 23.2 Å². The molecule has 0 N–H and O–H groups in total. The van der Waals surface area contributed by atoms with E-state index in [4.69, 9.17) is 27.9 Å². The first kappa shape index (κ1) is 28.5. The highest BCUT2D eigenvalue weighted by Gasteiger charge is 2.55. The van der Waals surface area contributed by atoms with Crippen LogP contribution in [0.3, 0.4) is 0 Å². The quantitative estimate of drug-likeness (QED) is 0.344. The molecule has 1 fully saturated rings. The molecule has 0 aromatic heterocycles. The van der Waals surface area contributed by atoms with Crippen molar-refractivity contribution < 1.29 is 22.7 Å². The van der Waals surface area contributed by atoms with Gasteiger partial charge in [-0.15, -0.1) is 0 Å². The third-order valence-electron chi connectivity index (χ3n) is 6.65. The lowest BCUT2D eigenvalue weighted by atomic mass is 9.84. The van der Waals surface area contributed by atoms with Gasteiger partial charge in [0.1, 0.15) is 0 Å². The fraction of sp³-hybridized carbons (Fsp3) is 0.481. The first-order valence-corrected chi connectivity index (χ1v) is 14.5. The summed E-state index contributed by atoms with van der Waals surface area (Å²) in [6, 6.07) is 13.8. The van der Waals surface area contributed by atoms with Gasteiger partial charge in [-0.1, -0.05) is 61.3 Å². The normalized spacial score (nSPS) is 18.6. The molecule has 2 unspecified atom stereocenters. The molecule has 0 radical (unpaired) electrons. The monoisotopic (exact) mass is 553 g/mol. The van der Waals surface area contributed by atoms with Gasteiger partial charge in [0.25, 0.3) is 5.91 Å². The van der Waals surface area contributed by atoms with Crippen LogP contribution in [0.1, 0.15) is 51.7 Å². The summed E-state index contributed by atoms with van der Waals surface area (Å²) in [6.45, 7) is 7.24. The highest BCUT2D eigenvalue weighted by molar-refractivity contribution is 7.92. The first-order valence-electron chi connectivity index (χ1n) is 12.1. The molecular weight excluding hydrogens is 521 g/mol. The van der Waals surface area contributed by atoms with Crippen LogP contribution in [0.15, 0.2) is 48.5 Å². The van der Waals surface area contributed by atoms with E-state index in [1.807, 2.05) is 44.2 Å². The summed E-state index contributed by atoms with van der Waals surface area (Å²) in [5.41, 5.74) is 0.376. The number of hydrogen-bond acceptors (Lipinski definition) is 5. The lowest BCUT2D eigenvalue weighted by Gasteiger charge is -2.45. The fourth-order valence-electron chi connectivity index (χ4n) is 4.31. The molecule has 9 heteroatoms. The van der Waals surface area contributed by atoms with Crippen molar-refractivity contribution in [3.8, 4) is 0 Å². The Morgan fingerprint density at radius 3 is 2.19 bits per heavy atom. The zero-order valence-electron chi connectivity index (χ0n) is 21.0. The van der Waals surface area contributed by atoms with Crippen LogP contribution in [0.4, 0.5) is 0 Å². The Hall–Kier alpha value is -2.09. The van der Waals surface area contributed by atoms with Crippen molar-refractivity contribution >= 4 is 44.9 Å². The minimum Gasteiger partial charge on any atom is -0.448 e. The van der Waals surface area contributed by atoms with E-state index in [1.165, 1.54) is 0 Å². The van der Waals surface area contributed by atoms with Crippen LogP contribution in [-0.4, -0.2) is 47.8 Å². The van der Waals surface area contributed by atoms with Gasteiger partial charge in [0.2, 0.25) is 5.60 Å². The molecule has 1 amide bonds. The Labute approximate surface area is 223 Å². The zero-order chi connectivity index (χ0) is 26.7. The zero-order valence-corrected chi connectivity index (χ0v) is 23.4. The fourth-order valence-corrected chi connectivity index (χ4v) is 6.07. The second-order valence-corrected chi connectivity index (χ2v) is 13.5. The SMILES string of the molecule is CC(C)C(CS(=O)(=O)C(C)C)N(Cc1ccc(Cl)cc1)C(=O)C1(CCc2cccc(Cl)c2)CC(=O)O1. The van der Waals surface area contributed by atoms with E-state index < -0.39 is 32.7 Å². The topological polar surface area (TPSA) is 80.8 Å². The van der Waals surface area contributed by atoms with Gasteiger partial charge in [0, 0.05) is 29.1 Å². The van der Waals surface area contributed by atoms with Crippen molar-refractivity contribution in [1.29, 1.82) is 0 Å².